The molecular weight excluding hydrogens is 385 g/mol. The summed E-state index contributed by atoms with van der Waals surface area (Å²) in [6, 6.07) is 5.48. The van der Waals surface area contributed by atoms with E-state index in [1.165, 1.54) is 7.11 Å². The molecule has 0 saturated heterocycles. The molecule has 6 heteroatoms. The van der Waals surface area contributed by atoms with E-state index in [4.69, 9.17) is 16.3 Å². The average molecular weight is 393 g/mol. The first-order valence-electron chi connectivity index (χ1n) is 5.00. The van der Waals surface area contributed by atoms with Gasteiger partial charge in [0, 0.05) is 20.8 Å². The molecule has 0 unspecified atom stereocenters. The maximum atomic E-state index is 11.9. The molecule has 0 aliphatic rings. The Morgan fingerprint density at radius 2 is 2.22 bits per heavy atom. The molecule has 0 atom stereocenters. The number of nitrogens with zero attached hydrogens (tertiary/aromatic N) is 1. The van der Waals surface area contributed by atoms with E-state index in [-0.39, 0.29) is 0 Å². The molecule has 18 heavy (non-hydrogen) atoms. The summed E-state index contributed by atoms with van der Waals surface area (Å²) in [5.41, 5.74) is 1.75. The maximum absolute atomic E-state index is 11.9. The summed E-state index contributed by atoms with van der Waals surface area (Å²) in [5, 5.41) is 1.47. The molecule has 2 rings (SSSR count). The van der Waals surface area contributed by atoms with Crippen molar-refractivity contribution in [1.29, 1.82) is 0 Å². The molecule has 1 aromatic carbocycles. The summed E-state index contributed by atoms with van der Waals surface area (Å²) in [7, 11) is 1.35. The molecule has 0 spiro atoms. The zero-order valence-corrected chi connectivity index (χ0v) is 13.3. The number of aromatic nitrogens is 1. The zero-order chi connectivity index (χ0) is 13.3. The smallest absolute Gasteiger partial charge is 0.338 e. The van der Waals surface area contributed by atoms with Gasteiger partial charge in [0.05, 0.1) is 18.2 Å². The molecule has 2 aromatic rings. The average Bonchev–Trinajstić information content (AvgIpc) is 2.35. The first-order chi connectivity index (χ1) is 8.58. The first-order valence-corrected chi connectivity index (χ1v) is 7.29. The Hall–Kier alpha value is -0.650. The Morgan fingerprint density at radius 3 is 2.83 bits per heavy atom. The minimum atomic E-state index is -0.416. The number of methoxy groups -OCH3 is 1. The van der Waals surface area contributed by atoms with E-state index in [0.717, 1.165) is 9.86 Å². The van der Waals surface area contributed by atoms with Gasteiger partial charge in [0.2, 0.25) is 0 Å². The van der Waals surface area contributed by atoms with Crippen molar-refractivity contribution in [2.24, 2.45) is 0 Å². The lowest BCUT2D eigenvalue weighted by atomic mass is 10.0. The molecule has 0 aliphatic heterocycles. The normalized spacial score (nSPS) is 10.7. The van der Waals surface area contributed by atoms with Gasteiger partial charge in [-0.05, 0) is 12.1 Å². The summed E-state index contributed by atoms with van der Waals surface area (Å²) < 4.78 is 5.69. The lowest BCUT2D eigenvalue weighted by molar-refractivity contribution is 0.0602. The van der Waals surface area contributed by atoms with Crippen molar-refractivity contribution in [1.82, 2.24) is 4.98 Å². The van der Waals surface area contributed by atoms with Gasteiger partial charge >= 0.3 is 5.97 Å². The second-order valence-electron chi connectivity index (χ2n) is 3.54. The van der Waals surface area contributed by atoms with Crippen LogP contribution in [-0.4, -0.2) is 18.1 Å². The summed E-state index contributed by atoms with van der Waals surface area (Å²) >= 11 is 12.8. The molecular formula is C12H8Br2ClNO2. The van der Waals surface area contributed by atoms with E-state index in [9.17, 15) is 4.79 Å². The number of hydrogen-bond donors (Lipinski definition) is 0. The van der Waals surface area contributed by atoms with Crippen LogP contribution in [0.1, 0.15) is 15.9 Å². The largest absolute Gasteiger partial charge is 0.465 e. The number of ether oxygens (including phenoxy) is 1. The first kappa shape index (κ1) is 13.8. The van der Waals surface area contributed by atoms with Crippen LogP contribution in [0.25, 0.3) is 10.9 Å². The third-order valence-electron chi connectivity index (χ3n) is 2.52. The van der Waals surface area contributed by atoms with Crippen LogP contribution < -0.4 is 0 Å². The maximum Gasteiger partial charge on any atom is 0.338 e. The number of carbonyl (C=O) groups excluding carboxylic acids is 1. The fraction of sp³-hybridized carbons (Fsp3) is 0.167. The molecule has 0 fully saturated rings. The highest BCUT2D eigenvalue weighted by Crippen LogP contribution is 2.30. The number of halogens is 3. The monoisotopic (exact) mass is 391 g/mol. The van der Waals surface area contributed by atoms with Crippen LogP contribution in [0.15, 0.2) is 22.7 Å². The highest BCUT2D eigenvalue weighted by Gasteiger charge is 2.19. The van der Waals surface area contributed by atoms with Crippen LogP contribution in [0.2, 0.25) is 5.15 Å². The molecule has 0 aliphatic carbocycles. The van der Waals surface area contributed by atoms with Crippen molar-refractivity contribution in [3.8, 4) is 0 Å². The summed E-state index contributed by atoms with van der Waals surface area (Å²) in [4.78, 5) is 16.2. The van der Waals surface area contributed by atoms with Crippen molar-refractivity contribution in [3.63, 3.8) is 0 Å². The minimum absolute atomic E-state index is 0.304. The number of benzene rings is 1. The topological polar surface area (TPSA) is 39.2 Å². The van der Waals surface area contributed by atoms with Crippen molar-refractivity contribution in [2.75, 3.05) is 7.11 Å². The van der Waals surface area contributed by atoms with Gasteiger partial charge < -0.3 is 4.74 Å². The van der Waals surface area contributed by atoms with Gasteiger partial charge in [-0.15, -0.1) is 0 Å². The van der Waals surface area contributed by atoms with Crippen molar-refractivity contribution in [2.45, 2.75) is 5.33 Å². The van der Waals surface area contributed by atoms with Gasteiger partial charge in [-0.2, -0.15) is 0 Å². The predicted molar refractivity (Wildman–Crippen MR) is 78.4 cm³/mol. The molecule has 1 aromatic heterocycles. The van der Waals surface area contributed by atoms with Gasteiger partial charge in [-0.25, -0.2) is 9.78 Å². The van der Waals surface area contributed by atoms with Gasteiger partial charge in [0.1, 0.15) is 5.15 Å². The summed E-state index contributed by atoms with van der Waals surface area (Å²) in [6.45, 7) is 0. The van der Waals surface area contributed by atoms with Crippen molar-refractivity contribution >= 4 is 60.3 Å². The molecule has 0 amide bonds. The van der Waals surface area contributed by atoms with Crippen LogP contribution in [-0.2, 0) is 10.1 Å². The number of alkyl halides is 1. The number of carbonyl (C=O) groups is 1. The van der Waals surface area contributed by atoms with Gasteiger partial charge in [0.15, 0.2) is 0 Å². The van der Waals surface area contributed by atoms with E-state index in [1.54, 1.807) is 0 Å². The highest BCUT2D eigenvalue weighted by atomic mass is 79.9. The van der Waals surface area contributed by atoms with Crippen LogP contribution in [0.5, 0.6) is 0 Å². The van der Waals surface area contributed by atoms with Crippen LogP contribution >= 0.6 is 43.5 Å². The van der Waals surface area contributed by atoms with E-state index >= 15 is 0 Å². The van der Waals surface area contributed by atoms with E-state index in [1.807, 2.05) is 18.2 Å². The fourth-order valence-corrected chi connectivity index (χ4v) is 3.01. The lowest BCUT2D eigenvalue weighted by Gasteiger charge is -2.11. The Balaban J connectivity index is 2.87. The standard InChI is InChI=1S/C12H8Br2ClNO2/c1-18-12(17)10-7-3-2-6(14)4-9(7)16-11(15)8(10)5-13/h2-4H,5H2,1H3. The number of pyridine rings is 1. The van der Waals surface area contributed by atoms with Gasteiger partial charge in [0.25, 0.3) is 0 Å². The third kappa shape index (κ3) is 2.39. The van der Waals surface area contributed by atoms with Crippen molar-refractivity contribution in [3.05, 3.63) is 39.0 Å². The van der Waals surface area contributed by atoms with Gasteiger partial charge in [-0.1, -0.05) is 49.5 Å². The molecule has 94 valence electrons. The Kier molecular flexibility index (Phi) is 4.25. The van der Waals surface area contributed by atoms with Gasteiger partial charge in [-0.3, -0.25) is 0 Å². The minimum Gasteiger partial charge on any atom is -0.465 e. The second kappa shape index (κ2) is 5.55. The SMILES string of the molecule is COC(=O)c1c(CBr)c(Cl)nc2cc(Br)ccc12. The van der Waals surface area contributed by atoms with Crippen molar-refractivity contribution < 1.29 is 9.53 Å². The molecule has 3 nitrogen and oxygen atoms in total. The van der Waals surface area contributed by atoms with Crippen LogP contribution in [0, 0.1) is 0 Å². The number of rotatable bonds is 2. The molecule has 0 saturated carbocycles. The molecule has 0 radical (unpaired) electrons. The fourth-order valence-electron chi connectivity index (χ4n) is 1.70. The van der Waals surface area contributed by atoms with E-state index in [2.05, 4.69) is 36.8 Å². The summed E-state index contributed by atoms with van der Waals surface area (Å²) in [5.74, 6) is -0.416. The highest BCUT2D eigenvalue weighted by molar-refractivity contribution is 9.10. The Labute approximate surface area is 126 Å². The van der Waals surface area contributed by atoms with Crippen LogP contribution in [0.4, 0.5) is 0 Å². The third-order valence-corrected chi connectivity index (χ3v) is 3.89. The Bertz CT molecular complexity index is 631. The van der Waals surface area contributed by atoms with Crippen LogP contribution in [0.3, 0.4) is 0 Å². The summed E-state index contributed by atoms with van der Waals surface area (Å²) in [6.07, 6.45) is 0. The molecule has 0 bridgehead atoms. The zero-order valence-electron chi connectivity index (χ0n) is 9.34. The number of hydrogen-bond acceptors (Lipinski definition) is 3. The quantitative estimate of drug-likeness (QED) is 0.433. The molecule has 0 N–H and O–H groups in total. The number of fused-ring (bicyclic) bond motifs is 1. The van der Waals surface area contributed by atoms with E-state index < -0.39 is 5.97 Å². The predicted octanol–water partition coefficient (Wildman–Crippen LogP) is 4.33. The molecule has 1 heterocycles. The Morgan fingerprint density at radius 1 is 1.50 bits per heavy atom. The number of esters is 1. The van der Waals surface area contributed by atoms with E-state index in [0.29, 0.717) is 27.1 Å². The second-order valence-corrected chi connectivity index (χ2v) is 5.38. The lowest BCUT2D eigenvalue weighted by Crippen LogP contribution is -2.07.